The molecule has 0 spiro atoms. The Morgan fingerprint density at radius 2 is 2.19 bits per heavy atom. The number of aromatic amines is 1. The van der Waals surface area contributed by atoms with Crippen molar-refractivity contribution in [3.63, 3.8) is 0 Å². The van der Waals surface area contributed by atoms with Gasteiger partial charge in [-0.3, -0.25) is 9.89 Å². The smallest absolute Gasteiger partial charge is 0.230 e. The van der Waals surface area contributed by atoms with E-state index in [0.717, 1.165) is 10.6 Å². The van der Waals surface area contributed by atoms with Crippen LogP contribution in [0.15, 0.2) is 46.9 Å². The van der Waals surface area contributed by atoms with Crippen LogP contribution in [0.2, 0.25) is 0 Å². The number of hydrogen-bond acceptors (Lipinski definition) is 7. The van der Waals surface area contributed by atoms with Crippen LogP contribution in [0.5, 0.6) is 11.5 Å². The molecule has 1 amide bonds. The van der Waals surface area contributed by atoms with Gasteiger partial charge in [0.1, 0.15) is 12.7 Å². The molecule has 9 heteroatoms. The third kappa shape index (κ3) is 4.00. The highest BCUT2D eigenvalue weighted by atomic mass is 32.2. The molecule has 1 aliphatic heterocycles. The molecule has 7 nitrogen and oxygen atoms in total. The summed E-state index contributed by atoms with van der Waals surface area (Å²) in [7, 11) is 0. The lowest BCUT2D eigenvalue weighted by atomic mass is 10.2. The second-order valence-electron chi connectivity index (χ2n) is 5.53. The Labute approximate surface area is 158 Å². The van der Waals surface area contributed by atoms with Crippen molar-refractivity contribution in [2.45, 2.75) is 11.3 Å². The van der Waals surface area contributed by atoms with Crippen LogP contribution in [0.1, 0.15) is 0 Å². The molecule has 0 aliphatic carbocycles. The second-order valence-corrected chi connectivity index (χ2v) is 7.42. The van der Waals surface area contributed by atoms with Crippen molar-refractivity contribution >= 4 is 29.0 Å². The first-order valence-electron chi connectivity index (χ1n) is 8.02. The molecule has 1 aromatic carbocycles. The van der Waals surface area contributed by atoms with E-state index in [2.05, 4.69) is 20.5 Å². The Morgan fingerprint density at radius 1 is 1.31 bits per heavy atom. The first-order chi connectivity index (χ1) is 12.8. The summed E-state index contributed by atoms with van der Waals surface area (Å²) in [5.74, 6) is 2.30. The number of nitrogens with one attached hydrogen (secondary N) is 2. The minimum atomic E-state index is -0.201. The molecule has 0 saturated carbocycles. The number of carbonyl (C=O) groups excluding carboxylic acids is 1. The number of rotatable bonds is 6. The predicted octanol–water partition coefficient (Wildman–Crippen LogP) is 2.58. The monoisotopic (exact) mass is 388 g/mol. The zero-order valence-electron chi connectivity index (χ0n) is 13.7. The third-order valence-corrected chi connectivity index (χ3v) is 5.37. The molecule has 0 fully saturated rings. The fraction of sp³-hybridized carbons (Fsp3) is 0.235. The van der Waals surface area contributed by atoms with Crippen molar-refractivity contribution in [1.29, 1.82) is 0 Å². The lowest BCUT2D eigenvalue weighted by Gasteiger charge is -2.26. The molecule has 1 aliphatic rings. The number of aromatic nitrogens is 3. The van der Waals surface area contributed by atoms with E-state index < -0.39 is 0 Å². The van der Waals surface area contributed by atoms with Crippen molar-refractivity contribution in [2.75, 3.05) is 18.9 Å². The van der Waals surface area contributed by atoms with Crippen LogP contribution < -0.4 is 14.8 Å². The molecule has 3 aromatic rings. The van der Waals surface area contributed by atoms with Crippen molar-refractivity contribution in [1.82, 2.24) is 20.5 Å². The molecule has 4 rings (SSSR count). The average molecular weight is 388 g/mol. The first-order valence-corrected chi connectivity index (χ1v) is 9.89. The molecule has 26 heavy (non-hydrogen) atoms. The van der Waals surface area contributed by atoms with Gasteiger partial charge in [0.2, 0.25) is 11.1 Å². The van der Waals surface area contributed by atoms with E-state index in [1.807, 2.05) is 41.8 Å². The van der Waals surface area contributed by atoms with Gasteiger partial charge in [0, 0.05) is 0 Å². The van der Waals surface area contributed by atoms with Crippen molar-refractivity contribution in [3.05, 3.63) is 41.8 Å². The number of thioether (sulfide) groups is 1. The van der Waals surface area contributed by atoms with Gasteiger partial charge in [-0.15, -0.1) is 16.4 Å². The van der Waals surface area contributed by atoms with Crippen molar-refractivity contribution in [3.8, 4) is 22.2 Å². The predicted molar refractivity (Wildman–Crippen MR) is 99.8 cm³/mol. The normalized spacial score (nSPS) is 15.6. The Bertz CT molecular complexity index is 882. The van der Waals surface area contributed by atoms with E-state index in [1.165, 1.54) is 11.8 Å². The number of carbonyl (C=O) groups is 1. The summed E-state index contributed by atoms with van der Waals surface area (Å²) in [6.45, 7) is 0.803. The highest BCUT2D eigenvalue weighted by molar-refractivity contribution is 7.99. The molecular weight excluding hydrogens is 372 g/mol. The number of benzene rings is 1. The van der Waals surface area contributed by atoms with Crippen LogP contribution in [0, 0.1) is 0 Å². The number of ether oxygens (including phenoxy) is 2. The molecule has 0 unspecified atom stereocenters. The van der Waals surface area contributed by atoms with Crippen LogP contribution in [-0.2, 0) is 4.79 Å². The quantitative estimate of drug-likeness (QED) is 0.631. The van der Waals surface area contributed by atoms with E-state index in [1.54, 1.807) is 11.3 Å². The maximum Gasteiger partial charge on any atom is 0.230 e. The maximum atomic E-state index is 12.0. The Morgan fingerprint density at radius 3 is 3.04 bits per heavy atom. The van der Waals surface area contributed by atoms with Gasteiger partial charge in [0.25, 0.3) is 0 Å². The van der Waals surface area contributed by atoms with Crippen LogP contribution >= 0.6 is 23.1 Å². The van der Waals surface area contributed by atoms with Gasteiger partial charge in [-0.05, 0) is 23.6 Å². The molecule has 0 radical (unpaired) electrons. The lowest BCUT2D eigenvalue weighted by molar-refractivity contribution is -0.119. The number of amides is 1. The van der Waals surface area contributed by atoms with Crippen molar-refractivity contribution in [2.24, 2.45) is 0 Å². The zero-order valence-corrected chi connectivity index (χ0v) is 15.3. The molecule has 0 saturated heterocycles. The van der Waals surface area contributed by atoms with Gasteiger partial charge >= 0.3 is 0 Å². The van der Waals surface area contributed by atoms with Gasteiger partial charge < -0.3 is 14.8 Å². The third-order valence-electron chi connectivity index (χ3n) is 3.65. The van der Waals surface area contributed by atoms with Crippen LogP contribution in [0.25, 0.3) is 10.7 Å². The summed E-state index contributed by atoms with van der Waals surface area (Å²) < 4.78 is 11.4. The van der Waals surface area contributed by atoms with Crippen LogP contribution in [0.3, 0.4) is 0 Å². The van der Waals surface area contributed by atoms with E-state index in [-0.39, 0.29) is 17.8 Å². The average Bonchev–Trinajstić information content (AvgIpc) is 3.36. The lowest BCUT2D eigenvalue weighted by Crippen LogP contribution is -2.41. The summed E-state index contributed by atoms with van der Waals surface area (Å²) >= 11 is 2.87. The topological polar surface area (TPSA) is 89.1 Å². The van der Waals surface area contributed by atoms with Crippen molar-refractivity contribution < 1.29 is 14.3 Å². The molecule has 0 bridgehead atoms. The van der Waals surface area contributed by atoms with Gasteiger partial charge in [0.05, 0.1) is 17.2 Å². The fourth-order valence-corrected chi connectivity index (χ4v) is 3.70. The summed E-state index contributed by atoms with van der Waals surface area (Å²) in [4.78, 5) is 17.4. The standard InChI is InChI=1S/C17H16N4O3S2/c22-15(10-26-17-19-16(20-21-17)14-6-3-7-25-14)18-8-11-9-23-12-4-1-2-5-13(12)24-11/h1-7,11H,8-10H2,(H,18,22)(H,19,20,21)/t11-/m0/s1. The van der Waals surface area contributed by atoms with Gasteiger partial charge in [0.15, 0.2) is 17.3 Å². The zero-order chi connectivity index (χ0) is 17.8. The van der Waals surface area contributed by atoms with Crippen LogP contribution in [0.4, 0.5) is 0 Å². The number of H-pyrrole nitrogens is 1. The molecule has 3 heterocycles. The number of hydrogen-bond donors (Lipinski definition) is 2. The molecular formula is C17H16N4O3S2. The van der Waals surface area contributed by atoms with E-state index in [4.69, 9.17) is 9.47 Å². The molecule has 1 atom stereocenters. The summed E-state index contributed by atoms with van der Waals surface area (Å²) in [6.07, 6.45) is -0.201. The van der Waals surface area contributed by atoms with Gasteiger partial charge in [-0.2, -0.15) is 0 Å². The molecule has 134 valence electrons. The number of thiophene rings is 1. The van der Waals surface area contributed by atoms with E-state index >= 15 is 0 Å². The number of nitrogens with zero attached hydrogens (tertiary/aromatic N) is 2. The second kappa shape index (κ2) is 7.79. The molecule has 2 aromatic heterocycles. The Balaban J connectivity index is 1.23. The highest BCUT2D eigenvalue weighted by Crippen LogP contribution is 2.30. The van der Waals surface area contributed by atoms with Gasteiger partial charge in [-0.25, -0.2) is 4.98 Å². The Kier molecular flexibility index (Phi) is 5.07. The van der Waals surface area contributed by atoms with Crippen LogP contribution in [-0.4, -0.2) is 46.1 Å². The Hall–Kier alpha value is -2.52. The highest BCUT2D eigenvalue weighted by Gasteiger charge is 2.21. The SMILES string of the molecule is O=C(CSc1n[nH]c(-c2cccs2)n1)NC[C@H]1COc2ccccc2O1. The first kappa shape index (κ1) is 16.9. The van der Waals surface area contributed by atoms with E-state index in [0.29, 0.717) is 29.9 Å². The van der Waals surface area contributed by atoms with E-state index in [9.17, 15) is 4.79 Å². The number of fused-ring (bicyclic) bond motifs is 1. The fourth-order valence-electron chi connectivity index (χ4n) is 2.41. The molecule has 2 N–H and O–H groups in total. The minimum Gasteiger partial charge on any atom is -0.486 e. The van der Waals surface area contributed by atoms with Gasteiger partial charge in [-0.1, -0.05) is 30.0 Å². The summed E-state index contributed by atoms with van der Waals surface area (Å²) in [5.41, 5.74) is 0. The largest absolute Gasteiger partial charge is 0.486 e. The number of para-hydroxylation sites is 2. The summed E-state index contributed by atoms with van der Waals surface area (Å²) in [5, 5.41) is 12.4. The minimum absolute atomic E-state index is 0.0973. The summed E-state index contributed by atoms with van der Waals surface area (Å²) in [6, 6.07) is 11.4. The maximum absolute atomic E-state index is 12.0.